The number of piperidine rings is 1. The number of benzene rings is 2. The molecule has 4 rings (SSSR count). The van der Waals surface area contributed by atoms with Crippen molar-refractivity contribution in [2.45, 2.75) is 32.2 Å². The molecule has 0 radical (unpaired) electrons. The third-order valence-electron chi connectivity index (χ3n) is 5.46. The molecular formula is C21H25N2O3+. The number of anilines is 1. The minimum Gasteiger partial charge on any atom is -0.495 e. The number of quaternary nitrogens is 1. The van der Waals surface area contributed by atoms with Gasteiger partial charge in [0.25, 0.3) is 5.91 Å². The summed E-state index contributed by atoms with van der Waals surface area (Å²) in [6.45, 7) is 4.13. The molecule has 2 heterocycles. The van der Waals surface area contributed by atoms with E-state index in [1.165, 1.54) is 24.2 Å². The van der Waals surface area contributed by atoms with Gasteiger partial charge in [0.2, 0.25) is 0 Å². The quantitative estimate of drug-likeness (QED) is 0.758. The lowest BCUT2D eigenvalue weighted by Crippen LogP contribution is -3.17. The molecular weight excluding hydrogens is 328 g/mol. The average molecular weight is 353 g/mol. The highest BCUT2D eigenvalue weighted by atomic mass is 16.5. The van der Waals surface area contributed by atoms with Gasteiger partial charge in [-0.1, -0.05) is 18.2 Å². The molecule has 1 aliphatic heterocycles. The van der Waals surface area contributed by atoms with Gasteiger partial charge in [-0.2, -0.15) is 0 Å². The summed E-state index contributed by atoms with van der Waals surface area (Å²) in [4.78, 5) is 14.1. The maximum absolute atomic E-state index is 12.8. The molecule has 0 aliphatic carbocycles. The van der Waals surface area contributed by atoms with Crippen LogP contribution in [0.4, 0.5) is 5.69 Å². The first-order chi connectivity index (χ1) is 12.7. The summed E-state index contributed by atoms with van der Waals surface area (Å²) in [5.74, 6) is 0.675. The van der Waals surface area contributed by atoms with Gasteiger partial charge in [0.1, 0.15) is 16.9 Å². The number of hydrogen-bond donors (Lipinski definition) is 2. The molecule has 1 saturated heterocycles. The van der Waals surface area contributed by atoms with Crippen molar-refractivity contribution in [2.75, 3.05) is 25.5 Å². The lowest BCUT2D eigenvalue weighted by molar-refractivity contribution is -0.918. The number of hydrogen-bond acceptors (Lipinski definition) is 3. The van der Waals surface area contributed by atoms with E-state index in [4.69, 9.17) is 9.15 Å². The molecule has 1 fully saturated rings. The highest BCUT2D eigenvalue weighted by Gasteiger charge is 2.27. The van der Waals surface area contributed by atoms with Gasteiger partial charge in [-0.15, -0.1) is 0 Å². The summed E-state index contributed by atoms with van der Waals surface area (Å²) in [6, 6.07) is 11.6. The van der Waals surface area contributed by atoms with Crippen LogP contribution in [0.2, 0.25) is 0 Å². The maximum Gasteiger partial charge on any atom is 0.282 e. The number of nitrogens with one attached hydrogen (secondary N) is 2. The monoisotopic (exact) mass is 353 g/mol. The molecule has 2 aromatic carbocycles. The number of carbonyl (C=O) groups is 1. The van der Waals surface area contributed by atoms with Crippen LogP contribution in [0, 0.1) is 0 Å². The zero-order valence-electron chi connectivity index (χ0n) is 15.3. The van der Waals surface area contributed by atoms with E-state index in [0.29, 0.717) is 11.4 Å². The fourth-order valence-corrected chi connectivity index (χ4v) is 3.88. The van der Waals surface area contributed by atoms with Gasteiger partial charge in [0, 0.05) is 16.8 Å². The van der Waals surface area contributed by atoms with Crippen LogP contribution >= 0.6 is 0 Å². The van der Waals surface area contributed by atoms with Crippen LogP contribution in [-0.4, -0.2) is 32.1 Å². The van der Waals surface area contributed by atoms with E-state index in [2.05, 4.69) is 5.32 Å². The lowest BCUT2D eigenvalue weighted by atomic mass is 10.1. The third-order valence-corrected chi connectivity index (χ3v) is 5.46. The highest BCUT2D eigenvalue weighted by Crippen LogP contribution is 2.36. The van der Waals surface area contributed by atoms with Gasteiger partial charge >= 0.3 is 0 Å². The zero-order valence-corrected chi connectivity index (χ0v) is 15.3. The largest absolute Gasteiger partial charge is 0.495 e. The molecule has 2 N–H and O–H groups in total. The van der Waals surface area contributed by atoms with Crippen molar-refractivity contribution in [3.8, 4) is 5.75 Å². The van der Waals surface area contributed by atoms with E-state index in [1.54, 1.807) is 7.11 Å². The predicted molar refractivity (Wildman–Crippen MR) is 103 cm³/mol. The molecule has 3 aromatic rings. The average Bonchev–Trinajstić information content (AvgIpc) is 3.04. The molecule has 0 bridgehead atoms. The first-order valence-corrected chi connectivity index (χ1v) is 9.32. The Morgan fingerprint density at radius 3 is 2.65 bits per heavy atom. The molecule has 1 amide bonds. The van der Waals surface area contributed by atoms with Gasteiger partial charge < -0.3 is 19.4 Å². The van der Waals surface area contributed by atoms with Crippen molar-refractivity contribution in [3.63, 3.8) is 0 Å². The van der Waals surface area contributed by atoms with E-state index in [-0.39, 0.29) is 11.9 Å². The second kappa shape index (κ2) is 7.00. The zero-order chi connectivity index (χ0) is 18.1. The number of furan rings is 1. The summed E-state index contributed by atoms with van der Waals surface area (Å²) in [6.07, 6.45) is 3.66. The molecule has 0 saturated carbocycles. The summed E-state index contributed by atoms with van der Waals surface area (Å²) < 4.78 is 11.5. The number of fused-ring (bicyclic) bond motifs is 3. The van der Waals surface area contributed by atoms with Gasteiger partial charge in [0.15, 0.2) is 6.04 Å². The van der Waals surface area contributed by atoms with E-state index in [1.807, 2.05) is 43.3 Å². The number of amides is 1. The van der Waals surface area contributed by atoms with Gasteiger partial charge in [-0.25, -0.2) is 0 Å². The van der Waals surface area contributed by atoms with Crippen LogP contribution in [-0.2, 0) is 4.79 Å². The number of rotatable bonds is 4. The number of methoxy groups -OCH3 is 1. The normalized spacial score (nSPS) is 16.7. The molecule has 26 heavy (non-hydrogen) atoms. The van der Waals surface area contributed by atoms with E-state index >= 15 is 0 Å². The Kier molecular flexibility index (Phi) is 4.55. The second-order valence-corrected chi connectivity index (χ2v) is 7.08. The van der Waals surface area contributed by atoms with Gasteiger partial charge in [0.05, 0.1) is 25.9 Å². The molecule has 0 unspecified atom stereocenters. The Morgan fingerprint density at radius 1 is 1.12 bits per heavy atom. The molecule has 1 aromatic heterocycles. The second-order valence-electron chi connectivity index (χ2n) is 7.08. The Labute approximate surface area is 152 Å². The lowest BCUT2D eigenvalue weighted by Gasteiger charge is -2.28. The van der Waals surface area contributed by atoms with Gasteiger partial charge in [-0.3, -0.25) is 4.79 Å². The standard InChI is InChI=1S/C21H24N2O3/c1-14(23-10-6-3-7-11-23)21(24)22-17-13-19-16(12-20(17)25-2)15-8-4-5-9-18(15)26-19/h4-5,8-9,12-14H,3,6-7,10-11H2,1-2H3,(H,22,24)/p+1/t14-/m0/s1. The van der Waals surface area contributed by atoms with E-state index < -0.39 is 0 Å². The Bertz CT molecular complexity index is 941. The molecule has 1 atom stereocenters. The fourth-order valence-electron chi connectivity index (χ4n) is 3.88. The predicted octanol–water partition coefficient (Wildman–Crippen LogP) is 2.99. The highest BCUT2D eigenvalue weighted by molar-refractivity contribution is 6.08. The summed E-state index contributed by atoms with van der Waals surface area (Å²) >= 11 is 0. The van der Waals surface area contributed by atoms with Crippen molar-refractivity contribution in [3.05, 3.63) is 36.4 Å². The van der Waals surface area contributed by atoms with Crippen molar-refractivity contribution in [1.82, 2.24) is 0 Å². The first-order valence-electron chi connectivity index (χ1n) is 9.32. The molecule has 5 heteroatoms. The Hall–Kier alpha value is -2.53. The maximum atomic E-state index is 12.8. The van der Waals surface area contributed by atoms with Gasteiger partial charge in [-0.05, 0) is 38.3 Å². The number of carbonyl (C=O) groups excluding carboxylic acids is 1. The smallest absolute Gasteiger partial charge is 0.282 e. The van der Waals surface area contributed by atoms with E-state index in [0.717, 1.165) is 35.0 Å². The van der Waals surface area contributed by atoms with Crippen LogP contribution in [0.25, 0.3) is 21.9 Å². The summed E-state index contributed by atoms with van der Waals surface area (Å²) in [5.41, 5.74) is 2.24. The first kappa shape index (κ1) is 16.9. The number of likely N-dealkylation sites (tertiary alicyclic amines) is 1. The van der Waals surface area contributed by atoms with E-state index in [9.17, 15) is 4.79 Å². The topological polar surface area (TPSA) is 55.9 Å². The van der Waals surface area contributed by atoms with Crippen LogP contribution in [0.15, 0.2) is 40.8 Å². The number of ether oxygens (including phenoxy) is 1. The summed E-state index contributed by atoms with van der Waals surface area (Å²) in [5, 5.41) is 5.09. The third kappa shape index (κ3) is 3.03. The molecule has 5 nitrogen and oxygen atoms in total. The fraction of sp³-hybridized carbons (Fsp3) is 0.381. The summed E-state index contributed by atoms with van der Waals surface area (Å²) in [7, 11) is 1.62. The van der Waals surface area contributed by atoms with Crippen molar-refractivity contribution >= 4 is 33.5 Å². The van der Waals surface area contributed by atoms with Crippen LogP contribution < -0.4 is 15.0 Å². The van der Waals surface area contributed by atoms with Crippen molar-refractivity contribution < 1.29 is 18.8 Å². The molecule has 136 valence electrons. The van der Waals surface area contributed by atoms with Crippen LogP contribution in [0.5, 0.6) is 5.75 Å². The van der Waals surface area contributed by atoms with Crippen LogP contribution in [0.1, 0.15) is 26.2 Å². The van der Waals surface area contributed by atoms with Crippen molar-refractivity contribution in [2.24, 2.45) is 0 Å². The van der Waals surface area contributed by atoms with Crippen LogP contribution in [0.3, 0.4) is 0 Å². The SMILES string of the molecule is COc1cc2c(cc1NC(=O)[C@H](C)[NH+]1CCCCC1)oc1ccccc12. The minimum atomic E-state index is -0.0774. The number of para-hydroxylation sites is 1. The molecule has 1 aliphatic rings. The Morgan fingerprint density at radius 2 is 1.88 bits per heavy atom. The van der Waals surface area contributed by atoms with Crippen molar-refractivity contribution in [1.29, 1.82) is 0 Å². The molecule has 0 spiro atoms. The Balaban J connectivity index is 1.64. The minimum absolute atomic E-state index is 0.0238.